The average Bonchev–Trinajstić information content (AvgIpc) is 3.30. The number of hydrogen-bond donors (Lipinski definition) is 0. The van der Waals surface area contributed by atoms with Crippen LogP contribution in [0, 0.1) is 6.92 Å². The van der Waals surface area contributed by atoms with Crippen LogP contribution in [-0.4, -0.2) is 43.0 Å². The van der Waals surface area contributed by atoms with Gasteiger partial charge in [-0.25, -0.2) is 0 Å². The fraction of sp³-hybridized carbons (Fsp3) is 0.389. The molecule has 0 spiro atoms. The summed E-state index contributed by atoms with van der Waals surface area (Å²) in [6.07, 6.45) is 5.61. The third-order valence-electron chi connectivity index (χ3n) is 4.88. The summed E-state index contributed by atoms with van der Waals surface area (Å²) in [5.41, 5.74) is 2.24. The lowest BCUT2D eigenvalue weighted by Gasteiger charge is -2.25. The average molecular weight is 323 g/mol. The Morgan fingerprint density at radius 2 is 2.21 bits per heavy atom. The van der Waals surface area contributed by atoms with Gasteiger partial charge in [-0.3, -0.25) is 9.48 Å². The van der Waals surface area contributed by atoms with Crippen LogP contribution >= 0.6 is 0 Å². The number of carbonyl (C=O) groups is 1. The number of aryl methyl sites for hydroxylation is 1. The number of aromatic nitrogens is 4. The van der Waals surface area contributed by atoms with E-state index in [0.29, 0.717) is 6.54 Å². The molecular weight excluding hydrogens is 302 g/mol. The molecule has 0 N–H and O–H groups in total. The molecule has 1 saturated heterocycles. The maximum absolute atomic E-state index is 12.9. The highest BCUT2D eigenvalue weighted by atomic mass is 16.2. The third kappa shape index (κ3) is 2.68. The highest BCUT2D eigenvalue weighted by Crippen LogP contribution is 2.22. The fourth-order valence-electron chi connectivity index (χ4n) is 3.68. The number of nitrogens with zero attached hydrogens (tertiary/aromatic N) is 5. The number of para-hydroxylation sites is 1. The van der Waals surface area contributed by atoms with Gasteiger partial charge in [0.25, 0.3) is 0 Å². The second-order valence-corrected chi connectivity index (χ2v) is 6.44. The van der Waals surface area contributed by atoms with Gasteiger partial charge in [0.05, 0.1) is 18.8 Å². The second-order valence-electron chi connectivity index (χ2n) is 6.44. The highest BCUT2D eigenvalue weighted by molar-refractivity contribution is 5.84. The Hall–Kier alpha value is -2.63. The molecule has 4 rings (SSSR count). The molecule has 0 saturated carbocycles. The van der Waals surface area contributed by atoms with E-state index in [1.54, 1.807) is 6.20 Å². The number of hydrogen-bond acceptors (Lipinski definition) is 3. The number of likely N-dealkylation sites (tertiary alicyclic amines) is 1. The van der Waals surface area contributed by atoms with Gasteiger partial charge < -0.3 is 9.47 Å². The summed E-state index contributed by atoms with van der Waals surface area (Å²) < 4.78 is 3.93. The van der Waals surface area contributed by atoms with Crippen LogP contribution in [-0.2, 0) is 17.9 Å². The van der Waals surface area contributed by atoms with Crippen LogP contribution in [0.25, 0.3) is 10.9 Å². The first kappa shape index (κ1) is 14.9. The molecule has 0 bridgehead atoms. The lowest BCUT2D eigenvalue weighted by Crippen LogP contribution is -2.40. The molecule has 3 aromatic rings. The molecule has 24 heavy (non-hydrogen) atoms. The van der Waals surface area contributed by atoms with E-state index in [9.17, 15) is 4.79 Å². The van der Waals surface area contributed by atoms with E-state index in [0.717, 1.165) is 37.1 Å². The topological polar surface area (TPSA) is 56.0 Å². The van der Waals surface area contributed by atoms with Crippen LogP contribution in [0.3, 0.4) is 0 Å². The molecule has 0 unspecified atom stereocenters. The minimum atomic E-state index is 0.182. The van der Waals surface area contributed by atoms with Crippen LogP contribution in [0.2, 0.25) is 0 Å². The van der Waals surface area contributed by atoms with Crippen molar-refractivity contribution in [3.8, 4) is 0 Å². The van der Waals surface area contributed by atoms with Gasteiger partial charge in [-0.15, -0.1) is 5.10 Å². The van der Waals surface area contributed by atoms with Crippen molar-refractivity contribution in [2.75, 3.05) is 6.54 Å². The summed E-state index contributed by atoms with van der Waals surface area (Å²) in [7, 11) is 0. The molecule has 6 heteroatoms. The normalized spacial score (nSPS) is 17.7. The van der Waals surface area contributed by atoms with Crippen LogP contribution in [0.5, 0.6) is 0 Å². The van der Waals surface area contributed by atoms with E-state index in [-0.39, 0.29) is 11.9 Å². The van der Waals surface area contributed by atoms with E-state index in [4.69, 9.17) is 0 Å². The maximum atomic E-state index is 12.9. The van der Waals surface area contributed by atoms with Crippen molar-refractivity contribution in [1.29, 1.82) is 0 Å². The van der Waals surface area contributed by atoms with Gasteiger partial charge >= 0.3 is 0 Å². The summed E-state index contributed by atoms with van der Waals surface area (Å²) in [5, 5.41) is 9.06. The first-order valence-electron chi connectivity index (χ1n) is 8.41. The fourth-order valence-corrected chi connectivity index (χ4v) is 3.68. The molecule has 1 fully saturated rings. The number of fused-ring (bicyclic) bond motifs is 1. The van der Waals surface area contributed by atoms with Gasteiger partial charge in [-0.2, -0.15) is 0 Å². The van der Waals surface area contributed by atoms with Gasteiger partial charge in [0, 0.05) is 24.0 Å². The summed E-state index contributed by atoms with van der Waals surface area (Å²) in [5.74, 6) is 0.182. The van der Waals surface area contributed by atoms with Gasteiger partial charge in [0.15, 0.2) is 0 Å². The smallest absolute Gasteiger partial charge is 0.242 e. The Morgan fingerprint density at radius 3 is 3.04 bits per heavy atom. The summed E-state index contributed by atoms with van der Waals surface area (Å²) in [6.45, 7) is 4.00. The molecule has 2 aromatic heterocycles. The lowest BCUT2D eigenvalue weighted by molar-refractivity contribution is -0.132. The van der Waals surface area contributed by atoms with Crippen molar-refractivity contribution in [1.82, 2.24) is 24.5 Å². The molecule has 124 valence electrons. The minimum absolute atomic E-state index is 0.182. The first-order valence-corrected chi connectivity index (χ1v) is 8.41. The number of amides is 1. The zero-order valence-electron chi connectivity index (χ0n) is 13.8. The van der Waals surface area contributed by atoms with E-state index < -0.39 is 0 Å². The summed E-state index contributed by atoms with van der Waals surface area (Å²) in [6, 6.07) is 10.6. The van der Waals surface area contributed by atoms with E-state index >= 15 is 0 Å². The van der Waals surface area contributed by atoms with E-state index in [1.807, 2.05) is 27.9 Å². The standard InChI is InChI=1S/C18H21N5O/c1-14-11-15-5-2-3-7-17(15)23(14)13-18(24)22-9-4-6-16(22)12-21-10-8-19-20-21/h2-3,5,7-8,10-11,16H,4,6,9,12-13H2,1H3/t16-/m0/s1. The summed E-state index contributed by atoms with van der Waals surface area (Å²) >= 11 is 0. The molecule has 1 aliphatic heterocycles. The quantitative estimate of drug-likeness (QED) is 0.740. The Labute approximate surface area is 140 Å². The van der Waals surface area contributed by atoms with E-state index in [2.05, 4.69) is 40.0 Å². The minimum Gasteiger partial charge on any atom is -0.336 e. The van der Waals surface area contributed by atoms with Crippen LogP contribution in [0.15, 0.2) is 42.7 Å². The van der Waals surface area contributed by atoms with Crippen molar-refractivity contribution in [3.05, 3.63) is 48.4 Å². The largest absolute Gasteiger partial charge is 0.336 e. The highest BCUT2D eigenvalue weighted by Gasteiger charge is 2.29. The van der Waals surface area contributed by atoms with Gasteiger partial charge in [-0.05, 0) is 37.3 Å². The zero-order chi connectivity index (χ0) is 16.5. The Morgan fingerprint density at radius 1 is 1.33 bits per heavy atom. The van der Waals surface area contributed by atoms with Crippen LogP contribution in [0.4, 0.5) is 0 Å². The molecule has 6 nitrogen and oxygen atoms in total. The predicted octanol–water partition coefficient (Wildman–Crippen LogP) is 2.23. The number of benzene rings is 1. The van der Waals surface area contributed by atoms with Crippen molar-refractivity contribution in [2.45, 2.75) is 38.9 Å². The number of carbonyl (C=O) groups excluding carboxylic acids is 1. The maximum Gasteiger partial charge on any atom is 0.242 e. The van der Waals surface area contributed by atoms with Gasteiger partial charge in [0.1, 0.15) is 6.54 Å². The van der Waals surface area contributed by atoms with E-state index in [1.165, 1.54) is 5.39 Å². The van der Waals surface area contributed by atoms with Crippen LogP contribution < -0.4 is 0 Å². The number of rotatable bonds is 4. The molecule has 1 aliphatic rings. The third-order valence-corrected chi connectivity index (χ3v) is 4.88. The monoisotopic (exact) mass is 323 g/mol. The first-order chi connectivity index (χ1) is 11.7. The lowest BCUT2D eigenvalue weighted by atomic mass is 10.2. The Balaban J connectivity index is 1.53. The Bertz CT molecular complexity index is 852. The second kappa shape index (κ2) is 6.11. The van der Waals surface area contributed by atoms with Crippen molar-refractivity contribution in [2.24, 2.45) is 0 Å². The molecule has 1 aromatic carbocycles. The zero-order valence-corrected chi connectivity index (χ0v) is 13.8. The molecule has 1 amide bonds. The Kier molecular flexibility index (Phi) is 3.80. The van der Waals surface area contributed by atoms with Crippen molar-refractivity contribution < 1.29 is 4.79 Å². The van der Waals surface area contributed by atoms with Crippen LogP contribution in [0.1, 0.15) is 18.5 Å². The molecule has 0 radical (unpaired) electrons. The SMILES string of the molecule is Cc1cc2ccccc2n1CC(=O)N1CCC[C@H]1Cn1ccnn1. The summed E-state index contributed by atoms with van der Waals surface area (Å²) in [4.78, 5) is 14.9. The van der Waals surface area contributed by atoms with Crippen molar-refractivity contribution >= 4 is 16.8 Å². The van der Waals surface area contributed by atoms with Gasteiger partial charge in [0.2, 0.25) is 5.91 Å². The van der Waals surface area contributed by atoms with Gasteiger partial charge in [-0.1, -0.05) is 23.4 Å². The molecule has 3 heterocycles. The predicted molar refractivity (Wildman–Crippen MR) is 91.4 cm³/mol. The molecular formula is C18H21N5O. The van der Waals surface area contributed by atoms with Crippen molar-refractivity contribution in [3.63, 3.8) is 0 Å². The molecule has 0 aliphatic carbocycles. The molecule has 1 atom stereocenters.